The predicted octanol–water partition coefficient (Wildman–Crippen LogP) is 0.215. The van der Waals surface area contributed by atoms with Crippen LogP contribution in [0.25, 0.3) is 0 Å². The Hall–Kier alpha value is -1.76. The molecule has 0 unspecified atom stereocenters. The number of aryl methyl sites for hydroxylation is 1. The molecule has 0 aliphatic heterocycles. The van der Waals surface area contributed by atoms with E-state index in [0.29, 0.717) is 18.8 Å². The number of nitrogens with one attached hydrogen (secondary N) is 1. The van der Waals surface area contributed by atoms with Gasteiger partial charge in [0, 0.05) is 32.4 Å². The average molecular weight is 177 g/mol. The highest BCUT2D eigenvalue weighted by atomic mass is 16.1. The molecule has 4 heteroatoms. The van der Waals surface area contributed by atoms with Crippen molar-refractivity contribution in [3.8, 4) is 12.3 Å². The third-order valence-corrected chi connectivity index (χ3v) is 1.58. The highest BCUT2D eigenvalue weighted by Crippen LogP contribution is 1.91. The summed E-state index contributed by atoms with van der Waals surface area (Å²) in [5, 5.41) is 2.87. The Morgan fingerprint density at radius 2 is 2.54 bits per heavy atom. The Bertz CT molecular complexity index is 375. The van der Waals surface area contributed by atoms with Gasteiger partial charge in [-0.2, -0.15) is 0 Å². The van der Waals surface area contributed by atoms with Crippen LogP contribution in [0.5, 0.6) is 0 Å². The Morgan fingerprint density at radius 1 is 1.77 bits per heavy atom. The van der Waals surface area contributed by atoms with E-state index >= 15 is 0 Å². The zero-order chi connectivity index (χ0) is 9.68. The normalized spacial score (nSPS) is 9.23. The summed E-state index contributed by atoms with van der Waals surface area (Å²) in [5.74, 6) is 2.82. The van der Waals surface area contributed by atoms with E-state index in [4.69, 9.17) is 6.42 Å². The van der Waals surface area contributed by atoms with E-state index < -0.39 is 0 Å². The molecule has 0 fully saturated rings. The van der Waals surface area contributed by atoms with Crippen LogP contribution in [-0.4, -0.2) is 16.1 Å². The van der Waals surface area contributed by atoms with Gasteiger partial charge in [-0.05, 0) is 0 Å². The predicted molar refractivity (Wildman–Crippen MR) is 51.4 cm³/mol. The molecule has 68 valence electrons. The summed E-state index contributed by atoms with van der Waals surface area (Å²) in [6.07, 6.45) is 8.82. The lowest BCUT2D eigenvalue weighted by molar-refractivity contribution is 0.839. The van der Waals surface area contributed by atoms with Crippen molar-refractivity contribution in [2.24, 2.45) is 7.05 Å². The van der Waals surface area contributed by atoms with Crippen molar-refractivity contribution in [1.82, 2.24) is 9.55 Å². The smallest absolute Gasteiger partial charge is 0.293 e. The van der Waals surface area contributed by atoms with Crippen molar-refractivity contribution < 1.29 is 0 Å². The minimum atomic E-state index is -0.139. The van der Waals surface area contributed by atoms with E-state index in [1.807, 2.05) is 0 Å². The van der Waals surface area contributed by atoms with E-state index in [9.17, 15) is 4.79 Å². The molecule has 1 rings (SSSR count). The maximum absolute atomic E-state index is 11.3. The molecule has 0 atom stereocenters. The molecule has 0 aromatic carbocycles. The van der Waals surface area contributed by atoms with Gasteiger partial charge in [0.2, 0.25) is 0 Å². The first kappa shape index (κ1) is 9.33. The summed E-state index contributed by atoms with van der Waals surface area (Å²) in [5.41, 5.74) is -0.139. The number of hydrogen-bond donors (Lipinski definition) is 1. The van der Waals surface area contributed by atoms with Crippen LogP contribution in [0.3, 0.4) is 0 Å². The summed E-state index contributed by atoms with van der Waals surface area (Å²) < 4.78 is 1.46. The number of hydrogen-bond acceptors (Lipinski definition) is 3. The van der Waals surface area contributed by atoms with Crippen molar-refractivity contribution >= 4 is 5.82 Å². The van der Waals surface area contributed by atoms with E-state index in [1.165, 1.54) is 4.57 Å². The SMILES string of the molecule is C#CCCNc1nccn(C)c1=O. The van der Waals surface area contributed by atoms with Crippen LogP contribution in [0, 0.1) is 12.3 Å². The van der Waals surface area contributed by atoms with Crippen LogP contribution in [0.4, 0.5) is 5.82 Å². The van der Waals surface area contributed by atoms with Gasteiger partial charge in [0.25, 0.3) is 5.56 Å². The van der Waals surface area contributed by atoms with E-state index in [1.54, 1.807) is 19.4 Å². The van der Waals surface area contributed by atoms with Gasteiger partial charge in [0.05, 0.1) is 0 Å². The molecule has 0 aliphatic carbocycles. The second-order valence-corrected chi connectivity index (χ2v) is 2.57. The average Bonchev–Trinajstić information content (AvgIpc) is 2.13. The van der Waals surface area contributed by atoms with Crippen LogP contribution in [0.15, 0.2) is 17.2 Å². The summed E-state index contributed by atoms with van der Waals surface area (Å²) in [7, 11) is 1.68. The Kier molecular flexibility index (Phi) is 3.09. The van der Waals surface area contributed by atoms with Gasteiger partial charge in [-0.1, -0.05) is 0 Å². The molecule has 1 N–H and O–H groups in total. The van der Waals surface area contributed by atoms with Gasteiger partial charge < -0.3 is 9.88 Å². The van der Waals surface area contributed by atoms with Crippen LogP contribution in [-0.2, 0) is 7.05 Å². The lowest BCUT2D eigenvalue weighted by atomic mass is 10.4. The molecule has 1 aromatic rings. The number of anilines is 1. The lowest BCUT2D eigenvalue weighted by Crippen LogP contribution is -2.22. The second kappa shape index (κ2) is 4.31. The van der Waals surface area contributed by atoms with Crippen LogP contribution in [0.2, 0.25) is 0 Å². The molecule has 4 nitrogen and oxygen atoms in total. The second-order valence-electron chi connectivity index (χ2n) is 2.57. The molecule has 0 radical (unpaired) electrons. The zero-order valence-electron chi connectivity index (χ0n) is 7.45. The van der Waals surface area contributed by atoms with E-state index in [2.05, 4.69) is 16.2 Å². The third-order valence-electron chi connectivity index (χ3n) is 1.58. The van der Waals surface area contributed by atoms with Crippen molar-refractivity contribution in [3.63, 3.8) is 0 Å². The fourth-order valence-electron chi connectivity index (χ4n) is 0.872. The fourth-order valence-corrected chi connectivity index (χ4v) is 0.872. The third kappa shape index (κ3) is 2.34. The zero-order valence-corrected chi connectivity index (χ0v) is 7.45. The van der Waals surface area contributed by atoms with Gasteiger partial charge >= 0.3 is 0 Å². The van der Waals surface area contributed by atoms with Crippen LogP contribution in [0.1, 0.15) is 6.42 Å². The summed E-state index contributed by atoms with van der Waals surface area (Å²) in [6, 6.07) is 0. The molecule has 0 saturated carbocycles. The first-order valence-electron chi connectivity index (χ1n) is 3.94. The summed E-state index contributed by atoms with van der Waals surface area (Å²) in [6.45, 7) is 0.572. The minimum absolute atomic E-state index is 0.139. The summed E-state index contributed by atoms with van der Waals surface area (Å²) >= 11 is 0. The quantitative estimate of drug-likeness (QED) is 0.530. The molecule has 1 aromatic heterocycles. The maximum Gasteiger partial charge on any atom is 0.293 e. The monoisotopic (exact) mass is 177 g/mol. The Morgan fingerprint density at radius 3 is 3.23 bits per heavy atom. The van der Waals surface area contributed by atoms with Crippen molar-refractivity contribution in [2.45, 2.75) is 6.42 Å². The highest BCUT2D eigenvalue weighted by molar-refractivity contribution is 5.30. The first-order valence-corrected chi connectivity index (χ1v) is 3.94. The number of aromatic nitrogens is 2. The number of rotatable bonds is 3. The Labute approximate surface area is 76.6 Å². The maximum atomic E-state index is 11.3. The fraction of sp³-hybridized carbons (Fsp3) is 0.333. The largest absolute Gasteiger partial charge is 0.365 e. The van der Waals surface area contributed by atoms with Gasteiger partial charge in [-0.15, -0.1) is 12.3 Å². The first-order chi connectivity index (χ1) is 6.25. The molecule has 13 heavy (non-hydrogen) atoms. The Balaban J connectivity index is 2.73. The molecule has 0 saturated heterocycles. The standard InChI is InChI=1S/C9H11N3O/c1-3-4-5-10-8-9(13)12(2)7-6-11-8/h1,6-7H,4-5H2,2H3,(H,10,11). The molecule has 0 amide bonds. The summed E-state index contributed by atoms with van der Waals surface area (Å²) in [4.78, 5) is 15.2. The molecule has 0 spiro atoms. The van der Waals surface area contributed by atoms with Crippen molar-refractivity contribution in [2.75, 3.05) is 11.9 Å². The number of nitrogens with zero attached hydrogens (tertiary/aromatic N) is 2. The molecular weight excluding hydrogens is 166 g/mol. The van der Waals surface area contributed by atoms with E-state index in [-0.39, 0.29) is 5.56 Å². The lowest BCUT2D eigenvalue weighted by Gasteiger charge is -2.03. The van der Waals surface area contributed by atoms with Gasteiger partial charge in [0.15, 0.2) is 5.82 Å². The van der Waals surface area contributed by atoms with Crippen LogP contribution < -0.4 is 10.9 Å². The minimum Gasteiger partial charge on any atom is -0.365 e. The van der Waals surface area contributed by atoms with Gasteiger partial charge in [-0.3, -0.25) is 4.79 Å². The van der Waals surface area contributed by atoms with Crippen LogP contribution >= 0.6 is 0 Å². The van der Waals surface area contributed by atoms with Gasteiger partial charge in [-0.25, -0.2) is 4.98 Å². The highest BCUT2D eigenvalue weighted by Gasteiger charge is 1.99. The van der Waals surface area contributed by atoms with Gasteiger partial charge in [0.1, 0.15) is 0 Å². The van der Waals surface area contributed by atoms with Crippen molar-refractivity contribution in [3.05, 3.63) is 22.7 Å². The molecule has 0 aliphatic rings. The van der Waals surface area contributed by atoms with E-state index in [0.717, 1.165) is 0 Å². The molecule has 1 heterocycles. The molecule has 0 bridgehead atoms. The topological polar surface area (TPSA) is 46.9 Å². The van der Waals surface area contributed by atoms with Crippen molar-refractivity contribution in [1.29, 1.82) is 0 Å². The number of terminal acetylenes is 1. The molecular formula is C9H11N3O.